The summed E-state index contributed by atoms with van der Waals surface area (Å²) in [6.07, 6.45) is -0.550. The highest BCUT2D eigenvalue weighted by Gasteiger charge is 2.37. The van der Waals surface area contributed by atoms with Crippen LogP contribution in [0.2, 0.25) is 0 Å². The molecule has 0 bridgehead atoms. The molecule has 1 aromatic carbocycles. The van der Waals surface area contributed by atoms with Crippen LogP contribution in [-0.4, -0.2) is 37.0 Å². The number of aryl methyl sites for hydroxylation is 1. The van der Waals surface area contributed by atoms with Crippen LogP contribution in [0.3, 0.4) is 0 Å². The normalized spacial score (nSPS) is 18.1. The SMILES string of the molecule is Cc1ccc(N)c(C)c1S(=O)(=O)N1CC(O)C1. The van der Waals surface area contributed by atoms with E-state index in [1.54, 1.807) is 26.0 Å². The molecule has 17 heavy (non-hydrogen) atoms. The van der Waals surface area contributed by atoms with E-state index in [0.29, 0.717) is 16.8 Å². The lowest BCUT2D eigenvalue weighted by atomic mass is 10.1. The van der Waals surface area contributed by atoms with Crippen molar-refractivity contribution in [3.8, 4) is 0 Å². The van der Waals surface area contributed by atoms with E-state index < -0.39 is 16.1 Å². The summed E-state index contributed by atoms with van der Waals surface area (Å²) in [5.41, 5.74) is 7.46. The summed E-state index contributed by atoms with van der Waals surface area (Å²) in [6, 6.07) is 3.40. The smallest absolute Gasteiger partial charge is 0.243 e. The van der Waals surface area contributed by atoms with Gasteiger partial charge in [-0.15, -0.1) is 0 Å². The fourth-order valence-corrected chi connectivity index (χ4v) is 3.96. The van der Waals surface area contributed by atoms with Crippen LogP contribution in [0.15, 0.2) is 17.0 Å². The van der Waals surface area contributed by atoms with Gasteiger partial charge in [0.2, 0.25) is 10.0 Å². The van der Waals surface area contributed by atoms with Crippen molar-refractivity contribution in [1.29, 1.82) is 0 Å². The molecule has 0 saturated carbocycles. The van der Waals surface area contributed by atoms with Gasteiger partial charge in [0.15, 0.2) is 0 Å². The van der Waals surface area contributed by atoms with E-state index in [9.17, 15) is 13.5 Å². The third-order valence-corrected chi connectivity index (χ3v) is 5.19. The fraction of sp³-hybridized carbons (Fsp3) is 0.455. The summed E-state index contributed by atoms with van der Waals surface area (Å²) >= 11 is 0. The molecule has 0 aromatic heterocycles. The maximum atomic E-state index is 12.3. The van der Waals surface area contributed by atoms with Crippen molar-refractivity contribution in [2.24, 2.45) is 0 Å². The van der Waals surface area contributed by atoms with E-state index in [0.717, 1.165) is 0 Å². The van der Waals surface area contributed by atoms with Crippen LogP contribution < -0.4 is 5.73 Å². The Morgan fingerprint density at radius 1 is 1.35 bits per heavy atom. The number of anilines is 1. The first-order chi connectivity index (χ1) is 7.84. The van der Waals surface area contributed by atoms with Crippen LogP contribution in [0.4, 0.5) is 5.69 Å². The second-order valence-electron chi connectivity index (χ2n) is 4.40. The Bertz CT molecular complexity index is 548. The van der Waals surface area contributed by atoms with E-state index >= 15 is 0 Å². The second-order valence-corrected chi connectivity index (χ2v) is 6.28. The quantitative estimate of drug-likeness (QED) is 0.743. The topological polar surface area (TPSA) is 83.6 Å². The van der Waals surface area contributed by atoms with Gasteiger partial charge >= 0.3 is 0 Å². The summed E-state index contributed by atoms with van der Waals surface area (Å²) in [5.74, 6) is 0. The van der Waals surface area contributed by atoms with Gasteiger partial charge in [-0.25, -0.2) is 8.42 Å². The Kier molecular flexibility index (Phi) is 2.89. The third kappa shape index (κ3) is 1.92. The lowest BCUT2D eigenvalue weighted by Crippen LogP contribution is -2.53. The minimum absolute atomic E-state index is 0.163. The molecule has 3 N–H and O–H groups in total. The molecule has 1 aliphatic rings. The standard InChI is InChI=1S/C11H16N2O3S/c1-7-3-4-10(12)8(2)11(7)17(15,16)13-5-9(14)6-13/h3-4,9,14H,5-6,12H2,1-2H3. The summed E-state index contributed by atoms with van der Waals surface area (Å²) in [4.78, 5) is 0.268. The Labute approximate surface area is 101 Å². The van der Waals surface area contributed by atoms with Crippen molar-refractivity contribution in [3.05, 3.63) is 23.3 Å². The number of nitrogens with two attached hydrogens (primary N) is 1. The molecule has 0 radical (unpaired) electrons. The van der Waals surface area contributed by atoms with Crippen LogP contribution in [0, 0.1) is 13.8 Å². The first-order valence-corrected chi connectivity index (χ1v) is 6.82. The fourth-order valence-electron chi connectivity index (χ4n) is 1.98. The molecule has 1 fully saturated rings. The number of benzene rings is 1. The minimum Gasteiger partial charge on any atom is -0.398 e. The van der Waals surface area contributed by atoms with Gasteiger partial charge < -0.3 is 10.8 Å². The highest BCUT2D eigenvalue weighted by atomic mass is 32.2. The zero-order chi connectivity index (χ0) is 12.8. The molecule has 1 saturated heterocycles. The highest BCUT2D eigenvalue weighted by molar-refractivity contribution is 7.89. The number of aliphatic hydroxyl groups is 1. The van der Waals surface area contributed by atoms with E-state index in [2.05, 4.69) is 0 Å². The van der Waals surface area contributed by atoms with E-state index in [-0.39, 0.29) is 18.0 Å². The molecule has 0 spiro atoms. The van der Waals surface area contributed by atoms with Crippen LogP contribution in [0.25, 0.3) is 0 Å². The molecule has 0 aliphatic carbocycles. The first kappa shape index (κ1) is 12.3. The van der Waals surface area contributed by atoms with Gasteiger partial charge in [0, 0.05) is 18.8 Å². The monoisotopic (exact) mass is 256 g/mol. The highest BCUT2D eigenvalue weighted by Crippen LogP contribution is 2.29. The molecule has 6 heteroatoms. The van der Waals surface area contributed by atoms with Crippen LogP contribution in [0.5, 0.6) is 0 Å². The van der Waals surface area contributed by atoms with E-state index in [1.807, 2.05) is 0 Å². The van der Waals surface area contributed by atoms with Crippen LogP contribution in [0.1, 0.15) is 11.1 Å². The lowest BCUT2D eigenvalue weighted by Gasteiger charge is -2.35. The molecular formula is C11H16N2O3S. The van der Waals surface area contributed by atoms with Crippen molar-refractivity contribution in [2.75, 3.05) is 18.8 Å². The predicted molar refractivity (Wildman–Crippen MR) is 65.1 cm³/mol. The largest absolute Gasteiger partial charge is 0.398 e. The number of nitrogens with zero attached hydrogens (tertiary/aromatic N) is 1. The van der Waals surface area contributed by atoms with Gasteiger partial charge in [0.05, 0.1) is 11.0 Å². The van der Waals surface area contributed by atoms with Crippen molar-refractivity contribution >= 4 is 15.7 Å². The second kappa shape index (κ2) is 3.97. The molecule has 1 aliphatic heterocycles. The maximum Gasteiger partial charge on any atom is 0.243 e. The molecule has 2 rings (SSSR count). The Hall–Kier alpha value is -1.11. The average Bonchev–Trinajstić information content (AvgIpc) is 2.19. The summed E-state index contributed by atoms with van der Waals surface area (Å²) in [6.45, 7) is 3.77. The van der Waals surface area contributed by atoms with E-state index in [4.69, 9.17) is 5.73 Å². The molecule has 1 heterocycles. The Morgan fingerprint density at radius 2 is 1.94 bits per heavy atom. The van der Waals surface area contributed by atoms with Crippen molar-refractivity contribution in [1.82, 2.24) is 4.31 Å². The summed E-state index contributed by atoms with van der Waals surface area (Å²) < 4.78 is 25.9. The summed E-state index contributed by atoms with van der Waals surface area (Å²) in [5, 5.41) is 9.19. The molecule has 94 valence electrons. The predicted octanol–water partition coefficient (Wildman–Crippen LogP) is 0.251. The zero-order valence-electron chi connectivity index (χ0n) is 9.84. The Morgan fingerprint density at radius 3 is 2.47 bits per heavy atom. The minimum atomic E-state index is -3.53. The number of hydrogen-bond acceptors (Lipinski definition) is 4. The summed E-state index contributed by atoms with van der Waals surface area (Å²) in [7, 11) is -3.53. The van der Waals surface area contributed by atoms with Crippen molar-refractivity contribution in [3.63, 3.8) is 0 Å². The molecule has 0 amide bonds. The zero-order valence-corrected chi connectivity index (χ0v) is 10.7. The molecular weight excluding hydrogens is 240 g/mol. The number of nitrogen functional groups attached to an aromatic ring is 1. The van der Waals surface area contributed by atoms with E-state index in [1.165, 1.54) is 4.31 Å². The number of rotatable bonds is 2. The van der Waals surface area contributed by atoms with Crippen LogP contribution in [-0.2, 0) is 10.0 Å². The average molecular weight is 256 g/mol. The maximum absolute atomic E-state index is 12.3. The van der Waals surface area contributed by atoms with Gasteiger partial charge in [-0.2, -0.15) is 4.31 Å². The number of sulfonamides is 1. The van der Waals surface area contributed by atoms with Crippen molar-refractivity contribution < 1.29 is 13.5 Å². The number of β-amino-alcohol motifs (C(OH)–C–C–N with tert-alkyl or cyclic N) is 1. The number of aliphatic hydroxyl groups excluding tert-OH is 1. The third-order valence-electron chi connectivity index (χ3n) is 3.07. The van der Waals surface area contributed by atoms with Gasteiger partial charge in [0.1, 0.15) is 0 Å². The molecule has 5 nitrogen and oxygen atoms in total. The van der Waals surface area contributed by atoms with Gasteiger partial charge in [-0.05, 0) is 31.0 Å². The number of hydrogen-bond donors (Lipinski definition) is 2. The molecule has 1 aromatic rings. The lowest BCUT2D eigenvalue weighted by molar-refractivity contribution is 0.0547. The van der Waals surface area contributed by atoms with Crippen LogP contribution >= 0.6 is 0 Å². The first-order valence-electron chi connectivity index (χ1n) is 5.38. The van der Waals surface area contributed by atoms with Gasteiger partial charge in [-0.1, -0.05) is 6.07 Å². The van der Waals surface area contributed by atoms with Crippen molar-refractivity contribution in [2.45, 2.75) is 24.8 Å². The van der Waals surface area contributed by atoms with Gasteiger partial charge in [-0.3, -0.25) is 0 Å². The van der Waals surface area contributed by atoms with Gasteiger partial charge in [0.25, 0.3) is 0 Å². The Balaban J connectivity index is 2.50. The molecule has 0 unspecified atom stereocenters. The molecule has 0 atom stereocenters.